The molecule has 1 saturated carbocycles. The molecular weight excluding hydrogens is 486 g/mol. The Kier molecular flexibility index (Phi) is 9.68. The summed E-state index contributed by atoms with van der Waals surface area (Å²) >= 11 is 0. The van der Waals surface area contributed by atoms with Crippen molar-refractivity contribution < 1.29 is 19.4 Å². The highest BCUT2D eigenvalue weighted by atomic mass is 16.5. The van der Waals surface area contributed by atoms with E-state index in [1.54, 1.807) is 17.0 Å². The minimum absolute atomic E-state index is 0.0196. The summed E-state index contributed by atoms with van der Waals surface area (Å²) in [5.41, 5.74) is 1.28. The number of aliphatic hydroxyl groups excluding tert-OH is 1. The normalized spacial score (nSPS) is 21.7. The lowest BCUT2D eigenvalue weighted by Gasteiger charge is -2.35. The number of amides is 2. The lowest BCUT2D eigenvalue weighted by Crippen LogP contribution is -2.48. The van der Waals surface area contributed by atoms with Gasteiger partial charge >= 0.3 is 0 Å². The van der Waals surface area contributed by atoms with Gasteiger partial charge in [0.05, 0.1) is 19.1 Å². The molecule has 0 saturated heterocycles. The predicted molar refractivity (Wildman–Crippen MR) is 143 cm³/mol. The standard InChI is InChI=1S/C27H41N7O4/c1-19-13-34(20(2)17-35)27(37)12-22-11-23(29-26(36)16-33-18-28-30-31-33)9-10-24(22)38-25(19)15-32(3)14-21-7-5-4-6-8-21/h9-11,18-21,25,35H,4-8,12-17H2,1-3H3,(H,29,36)/t19-,20-,25+/m1/s1. The number of benzene rings is 1. The molecule has 1 fully saturated rings. The van der Waals surface area contributed by atoms with Gasteiger partial charge in [-0.15, -0.1) is 5.10 Å². The Morgan fingerprint density at radius 2 is 2.05 bits per heavy atom. The van der Waals surface area contributed by atoms with Crippen molar-refractivity contribution in [2.45, 2.75) is 71.1 Å². The number of aliphatic hydroxyl groups is 1. The number of carbonyl (C=O) groups excluding carboxylic acids is 2. The van der Waals surface area contributed by atoms with E-state index in [9.17, 15) is 14.7 Å². The zero-order valence-corrected chi connectivity index (χ0v) is 22.8. The van der Waals surface area contributed by atoms with Gasteiger partial charge in [-0.25, -0.2) is 4.68 Å². The topological polar surface area (TPSA) is 126 Å². The summed E-state index contributed by atoms with van der Waals surface area (Å²) < 4.78 is 7.95. The van der Waals surface area contributed by atoms with Crippen LogP contribution >= 0.6 is 0 Å². The van der Waals surface area contributed by atoms with Crippen LogP contribution < -0.4 is 10.1 Å². The molecule has 0 unspecified atom stereocenters. The number of fused-ring (bicyclic) bond motifs is 1. The number of tetrazole rings is 1. The molecule has 1 aromatic heterocycles. The summed E-state index contributed by atoms with van der Waals surface area (Å²) in [5.74, 6) is 1.08. The number of nitrogens with one attached hydrogen (secondary N) is 1. The van der Waals surface area contributed by atoms with Crippen molar-refractivity contribution in [3.8, 4) is 5.75 Å². The van der Waals surface area contributed by atoms with Crippen molar-refractivity contribution in [3.05, 3.63) is 30.1 Å². The van der Waals surface area contributed by atoms with Crippen LogP contribution in [-0.2, 0) is 22.6 Å². The molecule has 2 heterocycles. The van der Waals surface area contributed by atoms with Gasteiger partial charge in [0.15, 0.2) is 0 Å². The fourth-order valence-corrected chi connectivity index (χ4v) is 5.52. The Bertz CT molecular complexity index is 1060. The average molecular weight is 528 g/mol. The van der Waals surface area contributed by atoms with E-state index >= 15 is 0 Å². The van der Waals surface area contributed by atoms with E-state index < -0.39 is 0 Å². The van der Waals surface area contributed by atoms with E-state index in [0.717, 1.165) is 19.0 Å². The molecule has 3 atom stereocenters. The van der Waals surface area contributed by atoms with E-state index in [1.165, 1.54) is 43.1 Å². The lowest BCUT2D eigenvalue weighted by molar-refractivity contribution is -0.134. The quantitative estimate of drug-likeness (QED) is 0.507. The molecule has 0 radical (unpaired) electrons. The molecule has 11 heteroatoms. The van der Waals surface area contributed by atoms with Crippen LogP contribution in [-0.4, -0.2) is 92.4 Å². The number of carbonyl (C=O) groups is 2. The fourth-order valence-electron chi connectivity index (χ4n) is 5.52. The maximum atomic E-state index is 13.4. The summed E-state index contributed by atoms with van der Waals surface area (Å²) in [6, 6.07) is 5.12. The van der Waals surface area contributed by atoms with Crippen LogP contribution in [0.15, 0.2) is 24.5 Å². The first-order chi connectivity index (χ1) is 18.3. The smallest absolute Gasteiger partial charge is 0.246 e. The first-order valence-corrected chi connectivity index (χ1v) is 13.7. The predicted octanol–water partition coefficient (Wildman–Crippen LogP) is 1.97. The summed E-state index contributed by atoms with van der Waals surface area (Å²) in [4.78, 5) is 30.0. The number of hydrogen-bond acceptors (Lipinski definition) is 8. The van der Waals surface area contributed by atoms with Crippen molar-refractivity contribution >= 4 is 17.5 Å². The van der Waals surface area contributed by atoms with E-state index in [0.29, 0.717) is 23.5 Å². The number of likely N-dealkylation sites (N-methyl/N-ethyl adjacent to an activating group) is 1. The molecule has 208 valence electrons. The van der Waals surface area contributed by atoms with Crippen LogP contribution in [0.25, 0.3) is 0 Å². The van der Waals surface area contributed by atoms with Crippen LogP contribution in [0, 0.1) is 11.8 Å². The first kappa shape index (κ1) is 28.0. The highest BCUT2D eigenvalue weighted by Crippen LogP contribution is 2.30. The van der Waals surface area contributed by atoms with Gasteiger partial charge in [-0.1, -0.05) is 26.2 Å². The van der Waals surface area contributed by atoms with Crippen molar-refractivity contribution in [1.29, 1.82) is 0 Å². The molecule has 1 aromatic carbocycles. The van der Waals surface area contributed by atoms with E-state index in [2.05, 4.69) is 39.7 Å². The Hall–Kier alpha value is -3.05. The van der Waals surface area contributed by atoms with Crippen LogP contribution in [0.3, 0.4) is 0 Å². The van der Waals surface area contributed by atoms with E-state index in [1.807, 2.05) is 13.0 Å². The Balaban J connectivity index is 1.53. The van der Waals surface area contributed by atoms with Crippen LogP contribution in [0.2, 0.25) is 0 Å². The minimum atomic E-state index is -0.300. The average Bonchev–Trinajstić information content (AvgIpc) is 3.41. The maximum absolute atomic E-state index is 13.4. The number of nitrogens with zero attached hydrogens (tertiary/aromatic N) is 6. The summed E-state index contributed by atoms with van der Waals surface area (Å²) in [6.45, 7) is 6.15. The highest BCUT2D eigenvalue weighted by Gasteiger charge is 2.31. The molecule has 2 aromatic rings. The number of ether oxygens (including phenoxy) is 1. The largest absolute Gasteiger partial charge is 0.488 e. The van der Waals surface area contributed by atoms with Gasteiger partial charge in [0.25, 0.3) is 0 Å². The number of hydrogen-bond donors (Lipinski definition) is 2. The lowest BCUT2D eigenvalue weighted by atomic mass is 9.89. The monoisotopic (exact) mass is 527 g/mol. The number of aromatic nitrogens is 4. The van der Waals surface area contributed by atoms with Crippen molar-refractivity contribution in [1.82, 2.24) is 30.0 Å². The summed E-state index contributed by atoms with van der Waals surface area (Å²) in [5, 5.41) is 23.5. The molecule has 0 spiro atoms. The third-order valence-electron chi connectivity index (χ3n) is 7.68. The zero-order chi connectivity index (χ0) is 27.1. The SMILES string of the molecule is C[C@@H]1CN([C@H](C)CO)C(=O)Cc2cc(NC(=O)Cn3cnnn3)ccc2O[C@H]1CN(C)CC1CCCCC1. The Labute approximate surface area is 224 Å². The van der Waals surface area contributed by atoms with Crippen LogP contribution in [0.4, 0.5) is 5.69 Å². The molecule has 38 heavy (non-hydrogen) atoms. The van der Waals surface area contributed by atoms with Gasteiger partial charge < -0.3 is 25.0 Å². The zero-order valence-electron chi connectivity index (χ0n) is 22.8. The Morgan fingerprint density at radius 1 is 1.26 bits per heavy atom. The second-order valence-corrected chi connectivity index (χ2v) is 11.0. The van der Waals surface area contributed by atoms with Crippen LogP contribution in [0.1, 0.15) is 51.5 Å². The summed E-state index contributed by atoms with van der Waals surface area (Å²) in [6.07, 6.45) is 7.89. The third-order valence-corrected chi connectivity index (χ3v) is 7.68. The first-order valence-electron chi connectivity index (χ1n) is 13.7. The molecule has 0 bridgehead atoms. The van der Waals surface area contributed by atoms with E-state index in [-0.39, 0.29) is 49.5 Å². The summed E-state index contributed by atoms with van der Waals surface area (Å²) in [7, 11) is 2.15. The minimum Gasteiger partial charge on any atom is -0.488 e. The van der Waals surface area contributed by atoms with Gasteiger partial charge in [-0.3, -0.25) is 9.59 Å². The van der Waals surface area contributed by atoms with Crippen molar-refractivity contribution in [3.63, 3.8) is 0 Å². The van der Waals surface area contributed by atoms with Gasteiger partial charge in [-0.05, 0) is 61.4 Å². The fraction of sp³-hybridized carbons (Fsp3) is 0.667. The number of rotatable bonds is 9. The molecule has 1 aliphatic heterocycles. The molecule has 2 N–H and O–H groups in total. The Morgan fingerprint density at radius 3 is 2.76 bits per heavy atom. The van der Waals surface area contributed by atoms with Gasteiger partial charge in [0, 0.05) is 36.8 Å². The molecule has 4 rings (SSSR count). The van der Waals surface area contributed by atoms with Gasteiger partial charge in [0.2, 0.25) is 11.8 Å². The molecule has 11 nitrogen and oxygen atoms in total. The third kappa shape index (κ3) is 7.50. The highest BCUT2D eigenvalue weighted by molar-refractivity contribution is 5.91. The van der Waals surface area contributed by atoms with Gasteiger partial charge in [-0.2, -0.15) is 0 Å². The number of anilines is 1. The second-order valence-electron chi connectivity index (χ2n) is 11.0. The van der Waals surface area contributed by atoms with Crippen molar-refractivity contribution in [2.75, 3.05) is 38.6 Å². The molecular formula is C27H41N7O4. The van der Waals surface area contributed by atoms with Crippen LogP contribution in [0.5, 0.6) is 5.75 Å². The molecule has 2 aliphatic rings. The van der Waals surface area contributed by atoms with Crippen molar-refractivity contribution in [2.24, 2.45) is 11.8 Å². The maximum Gasteiger partial charge on any atom is 0.246 e. The molecule has 1 aliphatic carbocycles. The molecule has 2 amide bonds. The van der Waals surface area contributed by atoms with Gasteiger partial charge in [0.1, 0.15) is 24.7 Å². The van der Waals surface area contributed by atoms with E-state index in [4.69, 9.17) is 4.74 Å². The second kappa shape index (κ2) is 13.1.